The molecule has 0 saturated carbocycles. The van der Waals surface area contributed by atoms with Crippen LogP contribution in [0.25, 0.3) is 0 Å². The molecule has 1 aromatic carbocycles. The molecule has 0 bridgehead atoms. The third-order valence-electron chi connectivity index (χ3n) is 1.74. The first kappa shape index (κ1) is 12.4. The number of hydrogen-bond acceptors (Lipinski definition) is 1. The summed E-state index contributed by atoms with van der Waals surface area (Å²) in [4.78, 5) is 10.2. The molecule has 1 N–H and O–H groups in total. The van der Waals surface area contributed by atoms with Gasteiger partial charge in [-0.3, -0.25) is 4.79 Å². The first-order chi connectivity index (χ1) is 7.21. The van der Waals surface area contributed by atoms with Gasteiger partial charge in [0, 0.05) is 0 Å². The summed E-state index contributed by atoms with van der Waals surface area (Å²) in [6.07, 6.45) is -5.89. The van der Waals surface area contributed by atoms with E-state index in [-0.39, 0.29) is 5.56 Å². The Labute approximate surface area is 86.3 Å². The maximum atomic E-state index is 12.9. The highest BCUT2D eigenvalue weighted by Gasteiger charge is 2.37. The topological polar surface area (TPSA) is 37.3 Å². The van der Waals surface area contributed by atoms with Crippen molar-refractivity contribution in [2.45, 2.75) is 12.6 Å². The first-order valence-electron chi connectivity index (χ1n) is 3.98. The lowest BCUT2D eigenvalue weighted by molar-refractivity contribution is -0.142. The van der Waals surface area contributed by atoms with Crippen LogP contribution >= 0.6 is 0 Å². The molecule has 0 aliphatic heterocycles. The highest BCUT2D eigenvalue weighted by Crippen LogP contribution is 2.33. The molecule has 0 fully saturated rings. The second-order valence-corrected chi connectivity index (χ2v) is 3.00. The van der Waals surface area contributed by atoms with Crippen LogP contribution in [0.5, 0.6) is 0 Å². The van der Waals surface area contributed by atoms with Gasteiger partial charge >= 0.3 is 12.1 Å². The second-order valence-electron chi connectivity index (χ2n) is 3.00. The lowest BCUT2D eigenvalue weighted by Gasteiger charge is -2.10. The van der Waals surface area contributed by atoms with Gasteiger partial charge in [-0.25, -0.2) is 8.78 Å². The third kappa shape index (κ3) is 2.68. The summed E-state index contributed by atoms with van der Waals surface area (Å²) in [5.41, 5.74) is -2.38. The Kier molecular flexibility index (Phi) is 3.16. The lowest BCUT2D eigenvalue weighted by Crippen LogP contribution is -2.12. The Morgan fingerprint density at radius 2 is 1.62 bits per heavy atom. The van der Waals surface area contributed by atoms with Crippen LogP contribution in [0, 0.1) is 11.6 Å². The normalized spacial score (nSPS) is 11.6. The summed E-state index contributed by atoms with van der Waals surface area (Å²) in [7, 11) is 0. The molecule has 0 saturated heterocycles. The quantitative estimate of drug-likeness (QED) is 0.807. The van der Waals surface area contributed by atoms with E-state index in [9.17, 15) is 26.7 Å². The molecule has 7 heteroatoms. The minimum Gasteiger partial charge on any atom is -0.481 e. The van der Waals surface area contributed by atoms with E-state index in [4.69, 9.17) is 5.11 Å². The van der Waals surface area contributed by atoms with Crippen molar-refractivity contribution >= 4 is 5.97 Å². The van der Waals surface area contributed by atoms with Crippen LogP contribution < -0.4 is 0 Å². The maximum Gasteiger partial charge on any atom is 0.422 e. The average molecular weight is 240 g/mol. The van der Waals surface area contributed by atoms with Gasteiger partial charge in [-0.1, -0.05) is 0 Å². The molecule has 0 aromatic heterocycles. The van der Waals surface area contributed by atoms with Crippen molar-refractivity contribution < 1.29 is 31.9 Å². The summed E-state index contributed by atoms with van der Waals surface area (Å²) in [5.74, 6) is -5.02. The second kappa shape index (κ2) is 4.07. The highest BCUT2D eigenvalue weighted by molar-refractivity contribution is 5.70. The number of carboxylic acid groups (broad SMARTS) is 1. The van der Waals surface area contributed by atoms with Gasteiger partial charge in [0.15, 0.2) is 0 Å². The summed E-state index contributed by atoms with van der Waals surface area (Å²) in [5, 5.41) is 8.31. The van der Waals surface area contributed by atoms with Crippen molar-refractivity contribution in [3.8, 4) is 0 Å². The largest absolute Gasteiger partial charge is 0.481 e. The zero-order chi connectivity index (χ0) is 12.5. The maximum absolute atomic E-state index is 12.9. The Hall–Kier alpha value is -1.66. The zero-order valence-electron chi connectivity index (χ0n) is 7.61. The summed E-state index contributed by atoms with van der Waals surface area (Å²) >= 11 is 0. The summed E-state index contributed by atoms with van der Waals surface area (Å²) < 4.78 is 62.1. The molecule has 0 radical (unpaired) electrons. The van der Waals surface area contributed by atoms with Crippen LogP contribution in [-0.2, 0) is 17.4 Å². The number of alkyl halides is 3. The van der Waals surface area contributed by atoms with Crippen molar-refractivity contribution in [2.24, 2.45) is 0 Å². The number of rotatable bonds is 2. The summed E-state index contributed by atoms with van der Waals surface area (Å²) in [6, 6.07) is 0.722. The Balaban J connectivity index is 3.23. The van der Waals surface area contributed by atoms with Crippen LogP contribution in [0.1, 0.15) is 11.1 Å². The molecule has 0 aliphatic rings. The minimum atomic E-state index is -5.14. The Morgan fingerprint density at radius 3 is 1.94 bits per heavy atom. The fraction of sp³-hybridized carbons (Fsp3) is 0.222. The van der Waals surface area contributed by atoms with Gasteiger partial charge in [-0.15, -0.1) is 0 Å². The molecule has 0 unspecified atom stereocenters. The van der Waals surface area contributed by atoms with Crippen molar-refractivity contribution in [1.29, 1.82) is 0 Å². The number of benzene rings is 1. The predicted octanol–water partition coefficient (Wildman–Crippen LogP) is 2.61. The van der Waals surface area contributed by atoms with E-state index >= 15 is 0 Å². The van der Waals surface area contributed by atoms with E-state index in [2.05, 4.69) is 0 Å². The lowest BCUT2D eigenvalue weighted by atomic mass is 10.1. The summed E-state index contributed by atoms with van der Waals surface area (Å²) in [6.45, 7) is 0. The first-order valence-corrected chi connectivity index (χ1v) is 3.98. The number of halogens is 5. The molecule has 1 rings (SSSR count). The van der Waals surface area contributed by atoms with E-state index in [1.807, 2.05) is 0 Å². The Morgan fingerprint density at radius 1 is 1.19 bits per heavy atom. The molecule has 16 heavy (non-hydrogen) atoms. The van der Waals surface area contributed by atoms with E-state index in [1.165, 1.54) is 0 Å². The van der Waals surface area contributed by atoms with E-state index in [1.54, 1.807) is 0 Å². The van der Waals surface area contributed by atoms with Crippen molar-refractivity contribution in [2.75, 3.05) is 0 Å². The molecule has 0 amide bonds. The van der Waals surface area contributed by atoms with E-state index < -0.39 is 35.8 Å². The predicted molar refractivity (Wildman–Crippen MR) is 42.7 cm³/mol. The SMILES string of the molecule is O=C(O)Cc1cc(F)c(C(F)(F)F)c(F)c1. The molecule has 0 spiro atoms. The number of hydrogen-bond donors (Lipinski definition) is 1. The van der Waals surface area contributed by atoms with Gasteiger partial charge in [0.05, 0.1) is 6.42 Å². The van der Waals surface area contributed by atoms with Crippen LogP contribution in [0.3, 0.4) is 0 Å². The van der Waals surface area contributed by atoms with Crippen molar-refractivity contribution in [3.05, 3.63) is 34.9 Å². The van der Waals surface area contributed by atoms with Crippen LogP contribution in [0.4, 0.5) is 22.0 Å². The van der Waals surface area contributed by atoms with Crippen LogP contribution in [0.15, 0.2) is 12.1 Å². The van der Waals surface area contributed by atoms with Crippen LogP contribution in [0.2, 0.25) is 0 Å². The Bertz CT molecular complexity index is 401. The van der Waals surface area contributed by atoms with Gasteiger partial charge in [-0.2, -0.15) is 13.2 Å². The molecule has 1 aromatic rings. The average Bonchev–Trinajstić information content (AvgIpc) is 1.96. The molecule has 0 aliphatic carbocycles. The van der Waals surface area contributed by atoms with Gasteiger partial charge < -0.3 is 5.11 Å². The molecular weight excluding hydrogens is 235 g/mol. The van der Waals surface area contributed by atoms with Crippen LogP contribution in [-0.4, -0.2) is 11.1 Å². The van der Waals surface area contributed by atoms with Crippen molar-refractivity contribution in [3.63, 3.8) is 0 Å². The monoisotopic (exact) mass is 240 g/mol. The number of aliphatic carboxylic acids is 1. The third-order valence-corrected chi connectivity index (χ3v) is 1.74. The fourth-order valence-corrected chi connectivity index (χ4v) is 1.17. The molecule has 88 valence electrons. The molecule has 0 heterocycles. The minimum absolute atomic E-state index is 0.361. The molecule has 0 atom stereocenters. The smallest absolute Gasteiger partial charge is 0.422 e. The standard InChI is InChI=1S/C9H5F5O2/c10-5-1-4(3-7(15)16)2-6(11)8(5)9(12,13)14/h1-2H,3H2,(H,15,16). The van der Waals surface area contributed by atoms with Crippen molar-refractivity contribution in [1.82, 2.24) is 0 Å². The molecule has 2 nitrogen and oxygen atoms in total. The van der Waals surface area contributed by atoms with Gasteiger partial charge in [0.25, 0.3) is 0 Å². The van der Waals surface area contributed by atoms with Gasteiger partial charge in [0.2, 0.25) is 0 Å². The molecular formula is C9H5F5O2. The van der Waals surface area contributed by atoms with Gasteiger partial charge in [0.1, 0.15) is 17.2 Å². The van der Waals surface area contributed by atoms with E-state index in [0.29, 0.717) is 12.1 Å². The number of carboxylic acids is 1. The zero-order valence-corrected chi connectivity index (χ0v) is 7.61. The number of carbonyl (C=O) groups is 1. The van der Waals surface area contributed by atoms with Gasteiger partial charge in [-0.05, 0) is 17.7 Å². The van der Waals surface area contributed by atoms with E-state index in [0.717, 1.165) is 0 Å². The fourth-order valence-electron chi connectivity index (χ4n) is 1.17. The highest BCUT2D eigenvalue weighted by atomic mass is 19.4.